The monoisotopic (exact) mass is 320 g/mol. The third kappa shape index (κ3) is 2.76. The molecule has 1 amide bonds. The van der Waals surface area contributed by atoms with Crippen molar-refractivity contribution in [2.45, 2.75) is 26.6 Å². The summed E-state index contributed by atoms with van der Waals surface area (Å²) in [7, 11) is 0. The summed E-state index contributed by atoms with van der Waals surface area (Å²) in [5.74, 6) is 0.0397. The van der Waals surface area contributed by atoms with E-state index in [0.717, 1.165) is 16.8 Å². The van der Waals surface area contributed by atoms with E-state index in [9.17, 15) is 4.79 Å². The van der Waals surface area contributed by atoms with E-state index in [0.29, 0.717) is 25.2 Å². The van der Waals surface area contributed by atoms with Crippen molar-refractivity contribution in [2.75, 3.05) is 0 Å². The summed E-state index contributed by atoms with van der Waals surface area (Å²) in [6.45, 7) is 3.81. The third-order valence-electron chi connectivity index (χ3n) is 4.17. The minimum atomic E-state index is 0.0397. The number of hydrogen-bond donors (Lipinski definition) is 0. The molecule has 0 radical (unpaired) electrons. The number of tetrazole rings is 1. The molecule has 3 aromatic rings. The summed E-state index contributed by atoms with van der Waals surface area (Å²) < 4.78 is 1.64. The number of aryl methyl sites for hydroxylation is 1. The van der Waals surface area contributed by atoms with Crippen LogP contribution in [-0.2, 0) is 19.6 Å². The lowest BCUT2D eigenvalue weighted by Gasteiger charge is -2.15. The molecule has 1 aliphatic rings. The lowest BCUT2D eigenvalue weighted by molar-refractivity contribution is 0.0751. The van der Waals surface area contributed by atoms with Gasteiger partial charge in [-0.25, -0.2) is 4.68 Å². The summed E-state index contributed by atoms with van der Waals surface area (Å²) in [6, 6.07) is 9.63. The molecule has 1 aromatic carbocycles. The van der Waals surface area contributed by atoms with Crippen LogP contribution in [0.15, 0.2) is 42.9 Å². The Bertz CT molecular complexity index is 873. The van der Waals surface area contributed by atoms with Crippen LogP contribution in [-0.4, -0.2) is 36.0 Å². The van der Waals surface area contributed by atoms with Crippen LogP contribution in [0, 0.1) is 6.92 Å². The SMILES string of the molecule is Cc1cc2c(cn1)CN(C(=O)c1ccc(Cn3cnnn3)cc1)C2. The first-order valence-electron chi connectivity index (χ1n) is 7.72. The van der Waals surface area contributed by atoms with Crippen molar-refractivity contribution < 1.29 is 4.79 Å². The lowest BCUT2D eigenvalue weighted by atomic mass is 10.1. The number of aromatic nitrogens is 5. The van der Waals surface area contributed by atoms with E-state index in [1.807, 2.05) is 42.3 Å². The first-order valence-corrected chi connectivity index (χ1v) is 7.72. The van der Waals surface area contributed by atoms with E-state index in [1.165, 1.54) is 5.56 Å². The predicted octanol–water partition coefficient (Wildman–Crippen LogP) is 1.58. The second kappa shape index (κ2) is 5.84. The maximum Gasteiger partial charge on any atom is 0.254 e. The molecule has 1 aliphatic heterocycles. The molecule has 0 unspecified atom stereocenters. The molecular weight excluding hydrogens is 304 g/mol. The van der Waals surface area contributed by atoms with Crippen LogP contribution >= 0.6 is 0 Å². The van der Waals surface area contributed by atoms with Gasteiger partial charge in [0.15, 0.2) is 0 Å². The maximum atomic E-state index is 12.7. The predicted molar refractivity (Wildman–Crippen MR) is 85.9 cm³/mol. The van der Waals surface area contributed by atoms with E-state index in [1.54, 1.807) is 11.0 Å². The highest BCUT2D eigenvalue weighted by Crippen LogP contribution is 2.24. The fourth-order valence-corrected chi connectivity index (χ4v) is 2.92. The summed E-state index contributed by atoms with van der Waals surface area (Å²) in [5, 5.41) is 11.1. The van der Waals surface area contributed by atoms with Gasteiger partial charge in [0.2, 0.25) is 0 Å². The molecule has 0 N–H and O–H groups in total. The number of carbonyl (C=O) groups excluding carboxylic acids is 1. The normalized spacial score (nSPS) is 13.1. The molecule has 3 heterocycles. The van der Waals surface area contributed by atoms with Crippen molar-refractivity contribution in [1.29, 1.82) is 0 Å². The zero-order valence-electron chi connectivity index (χ0n) is 13.3. The fraction of sp³-hybridized carbons (Fsp3) is 0.235. The van der Waals surface area contributed by atoms with Crippen molar-refractivity contribution in [2.24, 2.45) is 0 Å². The van der Waals surface area contributed by atoms with Crippen LogP contribution in [0.2, 0.25) is 0 Å². The summed E-state index contributed by atoms with van der Waals surface area (Å²) in [6.07, 6.45) is 3.43. The zero-order chi connectivity index (χ0) is 16.5. The number of carbonyl (C=O) groups is 1. The van der Waals surface area contributed by atoms with Crippen LogP contribution in [0.3, 0.4) is 0 Å². The van der Waals surface area contributed by atoms with E-state index in [4.69, 9.17) is 0 Å². The largest absolute Gasteiger partial charge is 0.330 e. The molecule has 0 atom stereocenters. The number of fused-ring (bicyclic) bond motifs is 1. The third-order valence-corrected chi connectivity index (χ3v) is 4.17. The second-order valence-corrected chi connectivity index (χ2v) is 5.96. The fourth-order valence-electron chi connectivity index (χ4n) is 2.92. The molecule has 7 heteroatoms. The number of benzene rings is 1. The molecule has 0 bridgehead atoms. The number of nitrogens with zero attached hydrogens (tertiary/aromatic N) is 6. The van der Waals surface area contributed by atoms with Gasteiger partial charge in [-0.1, -0.05) is 12.1 Å². The van der Waals surface area contributed by atoms with Gasteiger partial charge >= 0.3 is 0 Å². The van der Waals surface area contributed by atoms with Crippen molar-refractivity contribution in [3.05, 3.63) is 70.8 Å². The molecule has 0 spiro atoms. The van der Waals surface area contributed by atoms with Crippen molar-refractivity contribution in [3.8, 4) is 0 Å². The van der Waals surface area contributed by atoms with Gasteiger partial charge in [0, 0.05) is 30.5 Å². The van der Waals surface area contributed by atoms with Crippen LogP contribution in [0.4, 0.5) is 0 Å². The standard InChI is InChI=1S/C17H16N6O/c1-12-6-15-9-22(10-16(15)7-18-12)17(24)14-4-2-13(3-5-14)8-23-11-19-20-21-23/h2-7,11H,8-10H2,1H3. The summed E-state index contributed by atoms with van der Waals surface area (Å²) >= 11 is 0. The Morgan fingerprint density at radius 2 is 1.96 bits per heavy atom. The quantitative estimate of drug-likeness (QED) is 0.732. The summed E-state index contributed by atoms with van der Waals surface area (Å²) in [5.41, 5.74) is 5.03. The highest BCUT2D eigenvalue weighted by molar-refractivity contribution is 5.94. The number of amides is 1. The Morgan fingerprint density at radius 1 is 1.17 bits per heavy atom. The average Bonchev–Trinajstić information content (AvgIpc) is 3.24. The molecule has 0 saturated heterocycles. The lowest BCUT2D eigenvalue weighted by Crippen LogP contribution is -2.25. The molecular formula is C17H16N6O. The molecule has 7 nitrogen and oxygen atoms in total. The first kappa shape index (κ1) is 14.5. The highest BCUT2D eigenvalue weighted by Gasteiger charge is 2.24. The van der Waals surface area contributed by atoms with Gasteiger partial charge in [0.25, 0.3) is 5.91 Å². The van der Waals surface area contributed by atoms with Gasteiger partial charge in [-0.2, -0.15) is 0 Å². The Morgan fingerprint density at radius 3 is 2.71 bits per heavy atom. The average molecular weight is 320 g/mol. The van der Waals surface area contributed by atoms with Gasteiger partial charge in [0.05, 0.1) is 6.54 Å². The second-order valence-electron chi connectivity index (χ2n) is 5.96. The van der Waals surface area contributed by atoms with Crippen LogP contribution in [0.5, 0.6) is 0 Å². The number of pyridine rings is 1. The van der Waals surface area contributed by atoms with Gasteiger partial charge in [-0.15, -0.1) is 5.10 Å². The zero-order valence-corrected chi connectivity index (χ0v) is 13.3. The van der Waals surface area contributed by atoms with Crippen molar-refractivity contribution >= 4 is 5.91 Å². The molecule has 2 aromatic heterocycles. The minimum Gasteiger partial charge on any atom is -0.330 e. The van der Waals surface area contributed by atoms with Gasteiger partial charge < -0.3 is 4.90 Å². The Kier molecular flexibility index (Phi) is 3.53. The Labute approximate surface area is 138 Å². The van der Waals surface area contributed by atoms with E-state index < -0.39 is 0 Å². The minimum absolute atomic E-state index is 0.0397. The van der Waals surface area contributed by atoms with Crippen molar-refractivity contribution in [3.63, 3.8) is 0 Å². The first-order chi connectivity index (χ1) is 11.7. The molecule has 120 valence electrons. The van der Waals surface area contributed by atoms with Gasteiger partial charge in [0.1, 0.15) is 6.33 Å². The smallest absolute Gasteiger partial charge is 0.254 e. The van der Waals surface area contributed by atoms with E-state index >= 15 is 0 Å². The van der Waals surface area contributed by atoms with Gasteiger partial charge in [-0.3, -0.25) is 9.78 Å². The topological polar surface area (TPSA) is 76.8 Å². The van der Waals surface area contributed by atoms with Crippen LogP contribution in [0.1, 0.15) is 32.7 Å². The number of hydrogen-bond acceptors (Lipinski definition) is 5. The molecule has 0 saturated carbocycles. The maximum absolute atomic E-state index is 12.7. The van der Waals surface area contributed by atoms with Gasteiger partial charge in [-0.05, 0) is 52.2 Å². The number of rotatable bonds is 3. The van der Waals surface area contributed by atoms with Crippen LogP contribution in [0.25, 0.3) is 0 Å². The van der Waals surface area contributed by atoms with Crippen molar-refractivity contribution in [1.82, 2.24) is 30.1 Å². The van der Waals surface area contributed by atoms with E-state index in [2.05, 4.69) is 26.6 Å². The molecule has 4 rings (SSSR count). The Hall–Kier alpha value is -3.09. The highest BCUT2D eigenvalue weighted by atomic mass is 16.2. The van der Waals surface area contributed by atoms with E-state index in [-0.39, 0.29) is 5.91 Å². The Balaban J connectivity index is 1.47. The summed E-state index contributed by atoms with van der Waals surface area (Å²) in [4.78, 5) is 18.9. The molecule has 24 heavy (non-hydrogen) atoms. The molecule has 0 fully saturated rings. The van der Waals surface area contributed by atoms with Crippen LogP contribution < -0.4 is 0 Å². The molecule has 0 aliphatic carbocycles.